The van der Waals surface area contributed by atoms with Gasteiger partial charge in [0.25, 0.3) is 11.6 Å². The van der Waals surface area contributed by atoms with Gasteiger partial charge in [0, 0.05) is 30.8 Å². The van der Waals surface area contributed by atoms with Gasteiger partial charge in [0.1, 0.15) is 0 Å². The first kappa shape index (κ1) is 16.2. The van der Waals surface area contributed by atoms with Crippen LogP contribution in [0.3, 0.4) is 0 Å². The third kappa shape index (κ3) is 3.35. The molecule has 22 heavy (non-hydrogen) atoms. The summed E-state index contributed by atoms with van der Waals surface area (Å²) >= 11 is 0. The van der Waals surface area contributed by atoms with E-state index in [4.69, 9.17) is 0 Å². The van der Waals surface area contributed by atoms with E-state index < -0.39 is 4.92 Å². The Bertz CT molecular complexity index is 570. The number of likely N-dealkylation sites (tertiary alicyclic amines) is 1. The van der Waals surface area contributed by atoms with Gasteiger partial charge >= 0.3 is 0 Å². The maximum Gasteiger partial charge on any atom is 0.269 e. The number of hydrogen-bond donors (Lipinski definition) is 0. The first-order valence-electron chi connectivity index (χ1n) is 7.52. The highest BCUT2D eigenvalue weighted by molar-refractivity contribution is 5.94. The molecule has 2 rings (SSSR count). The molecule has 0 aromatic heterocycles. The fourth-order valence-electron chi connectivity index (χ4n) is 2.90. The lowest BCUT2D eigenvalue weighted by molar-refractivity contribution is -0.384. The van der Waals surface area contributed by atoms with Crippen molar-refractivity contribution >= 4 is 11.6 Å². The molecular formula is C17H22N2O3. The number of rotatable bonds is 4. The maximum absolute atomic E-state index is 12.4. The fraction of sp³-hybridized carbons (Fsp3) is 0.471. The first-order chi connectivity index (χ1) is 10.3. The lowest BCUT2D eigenvalue weighted by Crippen LogP contribution is -2.41. The van der Waals surface area contributed by atoms with Crippen LogP contribution in [0.1, 0.15) is 37.0 Å². The van der Waals surface area contributed by atoms with E-state index in [-0.39, 0.29) is 17.0 Å². The number of amides is 1. The van der Waals surface area contributed by atoms with Crippen molar-refractivity contribution < 1.29 is 9.72 Å². The average molecular weight is 302 g/mol. The van der Waals surface area contributed by atoms with Gasteiger partial charge < -0.3 is 4.90 Å². The van der Waals surface area contributed by atoms with E-state index >= 15 is 0 Å². The van der Waals surface area contributed by atoms with Gasteiger partial charge in [-0.25, -0.2) is 0 Å². The van der Waals surface area contributed by atoms with Crippen molar-refractivity contribution in [1.29, 1.82) is 0 Å². The zero-order valence-corrected chi connectivity index (χ0v) is 13.1. The molecule has 0 aliphatic carbocycles. The normalized spacial score (nSPS) is 16.4. The monoisotopic (exact) mass is 302 g/mol. The Balaban J connectivity index is 2.00. The van der Waals surface area contributed by atoms with Gasteiger partial charge in [-0.15, -0.1) is 6.58 Å². The van der Waals surface area contributed by atoms with Crippen LogP contribution < -0.4 is 0 Å². The number of hydrogen-bond acceptors (Lipinski definition) is 3. The van der Waals surface area contributed by atoms with Crippen LogP contribution >= 0.6 is 0 Å². The largest absolute Gasteiger partial charge is 0.339 e. The summed E-state index contributed by atoms with van der Waals surface area (Å²) in [5, 5.41) is 10.6. The molecule has 1 fully saturated rings. The molecule has 0 spiro atoms. The molecule has 1 saturated heterocycles. The molecule has 0 N–H and O–H groups in total. The molecule has 5 nitrogen and oxygen atoms in total. The molecule has 5 heteroatoms. The quantitative estimate of drug-likeness (QED) is 0.484. The Hall–Kier alpha value is -2.17. The number of allylic oxidation sites excluding steroid dienone is 1. The highest BCUT2D eigenvalue weighted by atomic mass is 16.6. The molecule has 1 aliphatic heterocycles. The summed E-state index contributed by atoms with van der Waals surface area (Å²) in [6, 6.07) is 5.81. The summed E-state index contributed by atoms with van der Waals surface area (Å²) in [6.07, 6.45) is 3.90. The Morgan fingerprint density at radius 2 is 1.86 bits per heavy atom. The molecule has 1 amide bonds. The second kappa shape index (κ2) is 6.30. The summed E-state index contributed by atoms with van der Waals surface area (Å²) in [5.74, 6) is 0.482. The van der Waals surface area contributed by atoms with E-state index in [0.29, 0.717) is 11.5 Å². The number of nitro groups is 1. The van der Waals surface area contributed by atoms with E-state index in [1.165, 1.54) is 24.3 Å². The number of carbonyl (C=O) groups excluding carboxylic acids is 1. The zero-order valence-electron chi connectivity index (χ0n) is 13.1. The van der Waals surface area contributed by atoms with Crippen LogP contribution in [0.25, 0.3) is 0 Å². The van der Waals surface area contributed by atoms with Crippen LogP contribution in [0.4, 0.5) is 5.69 Å². The Morgan fingerprint density at radius 1 is 1.32 bits per heavy atom. The summed E-state index contributed by atoms with van der Waals surface area (Å²) in [6.45, 7) is 9.69. The summed E-state index contributed by atoms with van der Waals surface area (Å²) < 4.78 is 0. The van der Waals surface area contributed by atoms with Crippen LogP contribution in [0.15, 0.2) is 36.9 Å². The molecule has 118 valence electrons. The molecule has 0 bridgehead atoms. The van der Waals surface area contributed by atoms with Crippen LogP contribution in [0.2, 0.25) is 0 Å². The van der Waals surface area contributed by atoms with Gasteiger partial charge in [0.2, 0.25) is 0 Å². The number of non-ortho nitro benzene ring substituents is 1. The number of carbonyl (C=O) groups is 1. The fourth-order valence-corrected chi connectivity index (χ4v) is 2.90. The van der Waals surface area contributed by atoms with Gasteiger partial charge in [0.15, 0.2) is 0 Å². The molecule has 0 unspecified atom stereocenters. The topological polar surface area (TPSA) is 63.5 Å². The van der Waals surface area contributed by atoms with Gasteiger partial charge in [-0.3, -0.25) is 14.9 Å². The standard InChI is InChI=1S/C17H22N2O3/c1-4-17(2,3)14-9-11-18(12-10-14)16(20)13-5-7-15(8-6-13)19(21)22/h4-8,14H,1,9-12H2,2-3H3. The zero-order chi connectivity index (χ0) is 16.3. The van der Waals surface area contributed by atoms with Crippen LogP contribution in [0, 0.1) is 21.4 Å². The number of piperidine rings is 1. The first-order valence-corrected chi connectivity index (χ1v) is 7.52. The molecule has 1 aromatic carbocycles. The Kier molecular flexibility index (Phi) is 4.64. The highest BCUT2D eigenvalue weighted by Crippen LogP contribution is 2.36. The lowest BCUT2D eigenvalue weighted by Gasteiger charge is -2.39. The smallest absolute Gasteiger partial charge is 0.269 e. The molecule has 1 aromatic rings. The predicted molar refractivity (Wildman–Crippen MR) is 85.7 cm³/mol. The van der Waals surface area contributed by atoms with Crippen LogP contribution in [-0.2, 0) is 0 Å². The SMILES string of the molecule is C=CC(C)(C)C1CCN(C(=O)c2ccc([N+](=O)[O-])cc2)CC1. The van der Waals surface area contributed by atoms with Crippen LogP contribution in [0.5, 0.6) is 0 Å². The molecule has 0 saturated carbocycles. The van der Waals surface area contributed by atoms with Crippen molar-refractivity contribution in [3.63, 3.8) is 0 Å². The van der Waals surface area contributed by atoms with Crippen molar-refractivity contribution in [3.05, 3.63) is 52.6 Å². The lowest BCUT2D eigenvalue weighted by atomic mass is 9.74. The van der Waals surface area contributed by atoms with Gasteiger partial charge in [-0.05, 0) is 36.3 Å². The molecule has 0 atom stereocenters. The second-order valence-electron chi connectivity index (χ2n) is 6.40. The van der Waals surface area contributed by atoms with Crippen molar-refractivity contribution in [2.24, 2.45) is 11.3 Å². The minimum atomic E-state index is -0.461. The minimum Gasteiger partial charge on any atom is -0.339 e. The molecule has 1 heterocycles. The van der Waals surface area contributed by atoms with Crippen molar-refractivity contribution in [2.45, 2.75) is 26.7 Å². The van der Waals surface area contributed by atoms with Crippen molar-refractivity contribution in [1.82, 2.24) is 4.90 Å². The van der Waals surface area contributed by atoms with Crippen molar-refractivity contribution in [3.8, 4) is 0 Å². The van der Waals surface area contributed by atoms with E-state index in [0.717, 1.165) is 25.9 Å². The Morgan fingerprint density at radius 3 is 2.32 bits per heavy atom. The predicted octanol–water partition coefficient (Wildman–Crippen LogP) is 3.66. The third-order valence-corrected chi connectivity index (χ3v) is 4.69. The molecule has 0 radical (unpaired) electrons. The number of nitro benzene ring substituents is 1. The minimum absolute atomic E-state index is 0.00277. The maximum atomic E-state index is 12.4. The number of benzene rings is 1. The summed E-state index contributed by atoms with van der Waals surface area (Å²) in [4.78, 5) is 24.5. The van der Waals surface area contributed by atoms with Gasteiger partial charge in [-0.1, -0.05) is 19.9 Å². The van der Waals surface area contributed by atoms with E-state index in [2.05, 4.69) is 20.4 Å². The van der Waals surface area contributed by atoms with Crippen LogP contribution in [-0.4, -0.2) is 28.8 Å². The average Bonchev–Trinajstić information content (AvgIpc) is 2.54. The molecule has 1 aliphatic rings. The van der Waals surface area contributed by atoms with E-state index in [1.54, 1.807) is 0 Å². The van der Waals surface area contributed by atoms with E-state index in [9.17, 15) is 14.9 Å². The highest BCUT2D eigenvalue weighted by Gasteiger charge is 2.31. The third-order valence-electron chi connectivity index (χ3n) is 4.69. The van der Waals surface area contributed by atoms with Gasteiger partial charge in [-0.2, -0.15) is 0 Å². The number of nitrogens with zero attached hydrogens (tertiary/aromatic N) is 2. The summed E-state index contributed by atoms with van der Waals surface area (Å²) in [5.41, 5.74) is 0.595. The Labute approximate surface area is 130 Å². The second-order valence-corrected chi connectivity index (χ2v) is 6.40. The van der Waals surface area contributed by atoms with E-state index in [1.807, 2.05) is 11.0 Å². The molecular weight excluding hydrogens is 280 g/mol. The van der Waals surface area contributed by atoms with Gasteiger partial charge in [0.05, 0.1) is 4.92 Å². The summed E-state index contributed by atoms with van der Waals surface area (Å²) in [7, 11) is 0. The van der Waals surface area contributed by atoms with Crippen molar-refractivity contribution in [2.75, 3.05) is 13.1 Å².